The van der Waals surface area contributed by atoms with E-state index in [0.29, 0.717) is 12.0 Å². The number of nitrogens with zero attached hydrogens (tertiary/aromatic N) is 2. The van der Waals surface area contributed by atoms with Gasteiger partial charge in [0.15, 0.2) is 0 Å². The second kappa shape index (κ2) is 4.87. The molecule has 1 rings (SSSR count). The summed E-state index contributed by atoms with van der Waals surface area (Å²) in [7, 11) is 0. The predicted molar refractivity (Wildman–Crippen MR) is 59.9 cm³/mol. The number of hydrogen-bond acceptors (Lipinski definition) is 4. The maximum atomic E-state index is 11.5. The van der Waals surface area contributed by atoms with Gasteiger partial charge < -0.3 is 0 Å². The van der Waals surface area contributed by atoms with Crippen LogP contribution in [0.5, 0.6) is 0 Å². The molecule has 16 heavy (non-hydrogen) atoms. The maximum Gasteiger partial charge on any atom is 0.337 e. The van der Waals surface area contributed by atoms with Crippen molar-refractivity contribution in [2.75, 3.05) is 6.54 Å². The zero-order valence-electron chi connectivity index (χ0n) is 9.40. The quantitative estimate of drug-likeness (QED) is 0.438. The molecule has 0 saturated carbocycles. The largest absolute Gasteiger partial charge is 0.337 e. The van der Waals surface area contributed by atoms with Gasteiger partial charge in [-0.2, -0.15) is 0 Å². The van der Waals surface area contributed by atoms with Crippen molar-refractivity contribution in [1.29, 1.82) is 0 Å². The molecule has 1 N–H and O–H groups in total. The van der Waals surface area contributed by atoms with E-state index in [1.54, 1.807) is 13.0 Å². The highest BCUT2D eigenvalue weighted by atomic mass is 16.6. The van der Waals surface area contributed by atoms with Crippen LogP contribution >= 0.6 is 0 Å². The van der Waals surface area contributed by atoms with E-state index in [4.69, 9.17) is 0 Å². The van der Waals surface area contributed by atoms with E-state index in [1.165, 1.54) is 6.21 Å². The molecule has 0 aromatic rings. The fraction of sp³-hybridized carbons (Fsp3) is 0.600. The van der Waals surface area contributed by atoms with Crippen molar-refractivity contribution in [3.05, 3.63) is 21.8 Å². The van der Waals surface area contributed by atoms with Crippen LogP contribution in [0.3, 0.4) is 0 Å². The lowest BCUT2D eigenvalue weighted by Crippen LogP contribution is -2.58. The lowest BCUT2D eigenvalue weighted by atomic mass is 9.99. The molecule has 0 spiro atoms. The normalized spacial score (nSPS) is 23.8. The average Bonchev–Trinajstić information content (AvgIpc) is 2.21. The number of nitrogens with one attached hydrogen (secondary N) is 1. The van der Waals surface area contributed by atoms with Crippen LogP contribution < -0.4 is 5.32 Å². The molecule has 1 amide bonds. The lowest BCUT2D eigenvalue weighted by Gasteiger charge is -2.27. The van der Waals surface area contributed by atoms with Gasteiger partial charge in [0.2, 0.25) is 5.91 Å². The molecule has 6 nitrogen and oxygen atoms in total. The molecular formula is C10H15N3O3. The maximum absolute atomic E-state index is 11.5. The third kappa shape index (κ3) is 2.26. The van der Waals surface area contributed by atoms with Gasteiger partial charge in [-0.05, 0) is 19.4 Å². The van der Waals surface area contributed by atoms with Crippen molar-refractivity contribution in [1.82, 2.24) is 5.32 Å². The number of amides is 1. The number of carbonyl (C=O) groups is 1. The Kier molecular flexibility index (Phi) is 3.76. The van der Waals surface area contributed by atoms with Gasteiger partial charge in [0.25, 0.3) is 0 Å². The molecule has 1 unspecified atom stereocenters. The summed E-state index contributed by atoms with van der Waals surface area (Å²) in [4.78, 5) is 25.9. The van der Waals surface area contributed by atoms with Gasteiger partial charge in [-0.1, -0.05) is 6.92 Å². The Bertz CT molecular complexity index is 362. The molecule has 0 bridgehead atoms. The highest BCUT2D eigenvalue weighted by Gasteiger charge is 2.46. The third-order valence-electron chi connectivity index (χ3n) is 2.54. The fourth-order valence-electron chi connectivity index (χ4n) is 1.52. The summed E-state index contributed by atoms with van der Waals surface area (Å²) in [6.07, 6.45) is 4.01. The van der Waals surface area contributed by atoms with Gasteiger partial charge in [0, 0.05) is 18.2 Å². The fourth-order valence-corrected chi connectivity index (χ4v) is 1.52. The predicted octanol–water partition coefficient (Wildman–Crippen LogP) is 0.906. The van der Waals surface area contributed by atoms with E-state index in [-0.39, 0.29) is 18.9 Å². The molecule has 0 saturated heterocycles. The molecule has 0 radical (unpaired) electrons. The summed E-state index contributed by atoms with van der Waals surface area (Å²) < 4.78 is 0. The van der Waals surface area contributed by atoms with Crippen LogP contribution in [0.1, 0.15) is 26.7 Å². The summed E-state index contributed by atoms with van der Waals surface area (Å²) in [6.45, 7) is 3.43. The number of dihydropyridines is 1. The standard InChI is InChI=1S/C10H15N3O3/c1-3-4-9(14)12-10(13(15)16)7-11-6-5-8(10)2/h5-6H,3-4,7H2,1-2H3,(H,12,14). The van der Waals surface area contributed by atoms with Gasteiger partial charge in [0.1, 0.15) is 6.54 Å². The highest BCUT2D eigenvalue weighted by Crippen LogP contribution is 2.20. The van der Waals surface area contributed by atoms with Crippen LogP contribution in [-0.2, 0) is 4.79 Å². The van der Waals surface area contributed by atoms with E-state index in [1.807, 2.05) is 6.92 Å². The van der Waals surface area contributed by atoms with Crippen molar-refractivity contribution in [2.45, 2.75) is 32.4 Å². The number of aliphatic imine (C=N–C) groups is 1. The smallest absolute Gasteiger partial charge is 0.286 e. The minimum Gasteiger partial charge on any atom is -0.286 e. The number of rotatable bonds is 4. The molecule has 1 heterocycles. The topological polar surface area (TPSA) is 84.6 Å². The molecule has 0 aromatic heterocycles. The first-order valence-electron chi connectivity index (χ1n) is 5.15. The molecule has 1 atom stereocenters. The Morgan fingerprint density at radius 2 is 2.44 bits per heavy atom. The average molecular weight is 225 g/mol. The first kappa shape index (κ1) is 12.4. The zero-order chi connectivity index (χ0) is 12.2. The number of allylic oxidation sites excluding steroid dienone is 1. The van der Waals surface area contributed by atoms with E-state index >= 15 is 0 Å². The van der Waals surface area contributed by atoms with Crippen LogP contribution in [-0.4, -0.2) is 29.3 Å². The molecule has 0 aromatic carbocycles. The molecule has 1 aliphatic heterocycles. The van der Waals surface area contributed by atoms with Crippen LogP contribution in [0.2, 0.25) is 0 Å². The first-order chi connectivity index (χ1) is 7.53. The van der Waals surface area contributed by atoms with Gasteiger partial charge >= 0.3 is 5.66 Å². The third-order valence-corrected chi connectivity index (χ3v) is 2.54. The Labute approximate surface area is 93.6 Å². The van der Waals surface area contributed by atoms with Crippen molar-refractivity contribution in [2.24, 2.45) is 4.99 Å². The molecule has 0 fully saturated rings. The summed E-state index contributed by atoms with van der Waals surface area (Å²) in [5, 5.41) is 13.6. The minimum absolute atomic E-state index is 0.0439. The second-order valence-corrected chi connectivity index (χ2v) is 3.75. The minimum atomic E-state index is -1.55. The van der Waals surface area contributed by atoms with Crippen LogP contribution in [0, 0.1) is 10.1 Å². The Morgan fingerprint density at radius 1 is 1.75 bits per heavy atom. The Morgan fingerprint density at radius 3 is 2.94 bits per heavy atom. The van der Waals surface area contributed by atoms with Crippen LogP contribution in [0.25, 0.3) is 0 Å². The van der Waals surface area contributed by atoms with Crippen molar-refractivity contribution >= 4 is 12.1 Å². The molecule has 88 valence electrons. The Hall–Kier alpha value is -1.72. The van der Waals surface area contributed by atoms with Gasteiger partial charge in [-0.25, -0.2) is 0 Å². The number of hydrogen-bond donors (Lipinski definition) is 1. The van der Waals surface area contributed by atoms with Crippen molar-refractivity contribution in [3.8, 4) is 0 Å². The van der Waals surface area contributed by atoms with Gasteiger partial charge in [-0.15, -0.1) is 0 Å². The number of carbonyl (C=O) groups excluding carboxylic acids is 1. The summed E-state index contributed by atoms with van der Waals surface area (Å²) in [5.74, 6) is -0.316. The zero-order valence-corrected chi connectivity index (χ0v) is 9.40. The lowest BCUT2D eigenvalue weighted by molar-refractivity contribution is -0.560. The second-order valence-electron chi connectivity index (χ2n) is 3.75. The van der Waals surface area contributed by atoms with Gasteiger partial charge in [-0.3, -0.25) is 25.2 Å². The molecule has 0 aliphatic carbocycles. The summed E-state index contributed by atoms with van der Waals surface area (Å²) >= 11 is 0. The highest BCUT2D eigenvalue weighted by molar-refractivity contribution is 5.79. The van der Waals surface area contributed by atoms with Crippen LogP contribution in [0.15, 0.2) is 16.6 Å². The van der Waals surface area contributed by atoms with E-state index < -0.39 is 10.6 Å². The molecule has 6 heteroatoms. The summed E-state index contributed by atoms with van der Waals surface area (Å²) in [5.41, 5.74) is -1.06. The van der Waals surface area contributed by atoms with Crippen LogP contribution in [0.4, 0.5) is 0 Å². The van der Waals surface area contributed by atoms with E-state index in [0.717, 1.165) is 0 Å². The first-order valence-corrected chi connectivity index (χ1v) is 5.15. The SMILES string of the molecule is CCCC(=O)NC1([N+](=O)[O-])CN=CC=C1C. The molecular weight excluding hydrogens is 210 g/mol. The summed E-state index contributed by atoms with van der Waals surface area (Å²) in [6, 6.07) is 0. The molecule has 1 aliphatic rings. The Balaban J connectivity index is 2.91. The van der Waals surface area contributed by atoms with Gasteiger partial charge in [0.05, 0.1) is 4.92 Å². The van der Waals surface area contributed by atoms with Crippen molar-refractivity contribution in [3.63, 3.8) is 0 Å². The monoisotopic (exact) mass is 225 g/mol. The van der Waals surface area contributed by atoms with E-state index in [9.17, 15) is 14.9 Å². The number of nitro groups is 1. The van der Waals surface area contributed by atoms with E-state index in [2.05, 4.69) is 10.3 Å². The van der Waals surface area contributed by atoms with Crippen molar-refractivity contribution < 1.29 is 9.72 Å².